The fraction of sp³-hybridized carbons (Fsp3) is 0.375. The van der Waals surface area contributed by atoms with Crippen LogP contribution in [0.15, 0.2) is 42.7 Å². The first-order valence-corrected chi connectivity index (χ1v) is 13.9. The number of sulfonamides is 1. The summed E-state index contributed by atoms with van der Waals surface area (Å²) in [5.74, 6) is 1.16. The van der Waals surface area contributed by atoms with Crippen LogP contribution in [0.3, 0.4) is 0 Å². The Labute approximate surface area is 220 Å². The zero-order chi connectivity index (χ0) is 26.7. The number of carbonyl (C=O) groups is 1. The van der Waals surface area contributed by atoms with E-state index in [0.717, 1.165) is 0 Å². The Bertz CT molecular complexity index is 1410. The van der Waals surface area contributed by atoms with Crippen molar-refractivity contribution in [3.05, 3.63) is 48.3 Å². The van der Waals surface area contributed by atoms with Gasteiger partial charge in [-0.15, -0.1) is 0 Å². The molecule has 38 heavy (non-hydrogen) atoms. The van der Waals surface area contributed by atoms with Crippen molar-refractivity contribution in [1.29, 1.82) is 0 Å². The van der Waals surface area contributed by atoms with Gasteiger partial charge in [0, 0.05) is 68.9 Å². The number of aromatic nitrogens is 4. The number of anilines is 2. The van der Waals surface area contributed by atoms with Gasteiger partial charge in [-0.3, -0.25) is 4.79 Å². The van der Waals surface area contributed by atoms with Crippen LogP contribution >= 0.6 is 0 Å². The molecule has 0 aliphatic carbocycles. The van der Waals surface area contributed by atoms with Crippen LogP contribution in [0.25, 0.3) is 11.3 Å². The summed E-state index contributed by atoms with van der Waals surface area (Å²) in [7, 11) is -3.28. The molecule has 0 atom stereocenters. The number of nitrogens with zero attached hydrogens (tertiary/aromatic N) is 7. The van der Waals surface area contributed by atoms with Crippen molar-refractivity contribution < 1.29 is 22.7 Å². The Morgan fingerprint density at radius 1 is 1.00 bits per heavy atom. The predicted octanol–water partition coefficient (Wildman–Crippen LogP) is 0.862. The third-order valence-electron chi connectivity index (χ3n) is 6.25. The van der Waals surface area contributed by atoms with Crippen LogP contribution in [0.5, 0.6) is 11.6 Å². The molecule has 14 heteroatoms. The molecule has 0 unspecified atom stereocenters. The fourth-order valence-corrected chi connectivity index (χ4v) is 5.03. The first-order valence-electron chi connectivity index (χ1n) is 12.1. The molecule has 2 aromatic heterocycles. The summed E-state index contributed by atoms with van der Waals surface area (Å²) in [6.07, 6.45) is 4.34. The van der Waals surface area contributed by atoms with E-state index in [1.165, 1.54) is 10.6 Å². The second-order valence-electron chi connectivity index (χ2n) is 8.90. The van der Waals surface area contributed by atoms with Gasteiger partial charge in [0.25, 0.3) is 5.91 Å². The molecule has 2 fully saturated rings. The average Bonchev–Trinajstić information content (AvgIpc) is 2.93. The minimum Gasteiger partial charge on any atom is -0.439 e. The van der Waals surface area contributed by atoms with E-state index in [-0.39, 0.29) is 24.9 Å². The third-order valence-corrected chi connectivity index (χ3v) is 7.55. The highest BCUT2D eigenvalue weighted by Crippen LogP contribution is 2.28. The molecular formula is C24H28N8O5S. The van der Waals surface area contributed by atoms with Crippen molar-refractivity contribution in [2.75, 3.05) is 69.4 Å². The van der Waals surface area contributed by atoms with Crippen LogP contribution in [0.4, 0.5) is 11.9 Å². The molecule has 13 nitrogen and oxygen atoms in total. The Morgan fingerprint density at radius 3 is 2.39 bits per heavy atom. The highest BCUT2D eigenvalue weighted by atomic mass is 32.2. The summed E-state index contributed by atoms with van der Waals surface area (Å²) in [4.78, 5) is 34.2. The van der Waals surface area contributed by atoms with Crippen molar-refractivity contribution in [3.63, 3.8) is 0 Å². The zero-order valence-corrected chi connectivity index (χ0v) is 21.7. The van der Waals surface area contributed by atoms with E-state index in [1.54, 1.807) is 47.6 Å². The maximum Gasteiger partial charge on any atom is 0.254 e. The Hall–Kier alpha value is -3.88. The number of hydrogen-bond acceptors (Lipinski definition) is 11. The van der Waals surface area contributed by atoms with Gasteiger partial charge < -0.3 is 25.0 Å². The number of morpholine rings is 1. The standard InChI is InChI=1S/C24H28N8O5S/c1-38(34,35)32-7-5-30(6-8-32)22(33)17-3-2-4-19(13-17)37-21-14-20(18-15-26-23(25)27-16-18)28-24(29-21)31-9-11-36-12-10-31/h2-4,13-16H,5-12H2,1H3,(H2,25,26,27). The molecule has 2 saturated heterocycles. The summed E-state index contributed by atoms with van der Waals surface area (Å²) in [5.41, 5.74) is 7.29. The zero-order valence-electron chi connectivity index (χ0n) is 20.9. The van der Waals surface area contributed by atoms with Crippen molar-refractivity contribution in [2.45, 2.75) is 0 Å². The third kappa shape index (κ3) is 5.98. The Kier molecular flexibility index (Phi) is 7.35. The number of amides is 1. The summed E-state index contributed by atoms with van der Waals surface area (Å²) < 4.78 is 36.5. The summed E-state index contributed by atoms with van der Waals surface area (Å²) in [6.45, 7) is 3.58. The van der Waals surface area contributed by atoms with E-state index >= 15 is 0 Å². The fourth-order valence-electron chi connectivity index (χ4n) is 4.21. The molecule has 0 saturated carbocycles. The number of ether oxygens (including phenoxy) is 2. The molecule has 2 aliphatic heterocycles. The largest absolute Gasteiger partial charge is 0.439 e. The van der Waals surface area contributed by atoms with Crippen LogP contribution in [0.1, 0.15) is 10.4 Å². The molecule has 2 aliphatic rings. The second kappa shape index (κ2) is 10.8. The van der Waals surface area contributed by atoms with Crippen molar-refractivity contribution in [1.82, 2.24) is 29.1 Å². The normalized spacial score (nSPS) is 16.9. The van der Waals surface area contributed by atoms with E-state index in [9.17, 15) is 13.2 Å². The first kappa shape index (κ1) is 25.8. The Morgan fingerprint density at radius 2 is 1.71 bits per heavy atom. The maximum absolute atomic E-state index is 13.1. The number of rotatable bonds is 6. The lowest BCUT2D eigenvalue weighted by molar-refractivity contribution is 0.0698. The van der Waals surface area contributed by atoms with Gasteiger partial charge >= 0.3 is 0 Å². The number of hydrogen-bond donors (Lipinski definition) is 1. The SMILES string of the molecule is CS(=O)(=O)N1CCN(C(=O)c2cccc(Oc3cc(-c4cnc(N)nc4)nc(N4CCOCC4)n3)c2)CC1. The van der Waals surface area contributed by atoms with Gasteiger partial charge in [0.1, 0.15) is 5.75 Å². The first-order chi connectivity index (χ1) is 18.3. The highest BCUT2D eigenvalue weighted by molar-refractivity contribution is 7.88. The topological polar surface area (TPSA) is 157 Å². The van der Waals surface area contributed by atoms with E-state index in [0.29, 0.717) is 73.8 Å². The second-order valence-corrected chi connectivity index (χ2v) is 10.9. The van der Waals surface area contributed by atoms with Gasteiger partial charge in [0.05, 0.1) is 25.2 Å². The smallest absolute Gasteiger partial charge is 0.254 e. The van der Waals surface area contributed by atoms with E-state index in [2.05, 4.69) is 19.9 Å². The van der Waals surface area contributed by atoms with Crippen molar-refractivity contribution in [3.8, 4) is 22.9 Å². The quantitative estimate of drug-likeness (QED) is 0.473. The minimum atomic E-state index is -3.28. The van der Waals surface area contributed by atoms with Crippen molar-refractivity contribution in [2.24, 2.45) is 0 Å². The predicted molar refractivity (Wildman–Crippen MR) is 139 cm³/mol. The molecule has 2 N–H and O–H groups in total. The lowest BCUT2D eigenvalue weighted by atomic mass is 10.1. The van der Waals surface area contributed by atoms with Crippen LogP contribution < -0.4 is 15.4 Å². The Balaban J connectivity index is 1.37. The van der Waals surface area contributed by atoms with Gasteiger partial charge in [-0.25, -0.2) is 23.4 Å². The van der Waals surface area contributed by atoms with E-state index in [1.807, 2.05) is 4.90 Å². The monoisotopic (exact) mass is 540 g/mol. The number of benzene rings is 1. The van der Waals surface area contributed by atoms with Gasteiger partial charge in [-0.2, -0.15) is 9.29 Å². The molecule has 1 amide bonds. The van der Waals surface area contributed by atoms with Gasteiger partial charge in [-0.1, -0.05) is 6.07 Å². The van der Waals surface area contributed by atoms with Gasteiger partial charge in [0.15, 0.2) is 0 Å². The number of nitrogens with two attached hydrogens (primary N) is 1. The molecule has 0 bridgehead atoms. The maximum atomic E-state index is 13.1. The summed E-state index contributed by atoms with van der Waals surface area (Å²) in [6, 6.07) is 8.49. The van der Waals surface area contributed by atoms with E-state index in [4.69, 9.17) is 15.2 Å². The molecule has 0 radical (unpaired) electrons. The van der Waals surface area contributed by atoms with Gasteiger partial charge in [0.2, 0.25) is 27.8 Å². The summed E-state index contributed by atoms with van der Waals surface area (Å²) in [5, 5.41) is 0. The number of piperazine rings is 1. The molecule has 1 aromatic carbocycles. The van der Waals surface area contributed by atoms with Crippen molar-refractivity contribution >= 4 is 27.8 Å². The molecule has 200 valence electrons. The molecule has 3 aromatic rings. The number of nitrogen functional groups attached to an aromatic ring is 1. The molecule has 0 spiro atoms. The molecular weight excluding hydrogens is 512 g/mol. The average molecular weight is 541 g/mol. The lowest BCUT2D eigenvalue weighted by Gasteiger charge is -2.33. The molecule has 4 heterocycles. The number of carbonyl (C=O) groups excluding carboxylic acids is 1. The highest BCUT2D eigenvalue weighted by Gasteiger charge is 2.27. The van der Waals surface area contributed by atoms with E-state index < -0.39 is 10.0 Å². The van der Waals surface area contributed by atoms with Crippen LogP contribution in [-0.4, -0.2) is 102 Å². The minimum absolute atomic E-state index is 0.159. The lowest BCUT2D eigenvalue weighted by Crippen LogP contribution is -2.50. The summed E-state index contributed by atoms with van der Waals surface area (Å²) >= 11 is 0. The van der Waals surface area contributed by atoms with Crippen LogP contribution in [0.2, 0.25) is 0 Å². The van der Waals surface area contributed by atoms with Crippen LogP contribution in [0, 0.1) is 0 Å². The molecule has 5 rings (SSSR count). The van der Waals surface area contributed by atoms with Crippen LogP contribution in [-0.2, 0) is 14.8 Å². The van der Waals surface area contributed by atoms with Gasteiger partial charge in [-0.05, 0) is 18.2 Å².